The number of aliphatic hydroxyl groups is 1. The van der Waals surface area contributed by atoms with Gasteiger partial charge in [-0.25, -0.2) is 8.42 Å². The maximum Gasteiger partial charge on any atom is 0.243 e. The molecule has 0 fully saturated rings. The lowest BCUT2D eigenvalue weighted by Crippen LogP contribution is -2.50. The van der Waals surface area contributed by atoms with Crippen molar-refractivity contribution in [1.29, 1.82) is 5.26 Å². The molecule has 1 amide bonds. The second-order valence-electron chi connectivity index (χ2n) is 8.28. The normalized spacial score (nSPS) is 13.4. The summed E-state index contributed by atoms with van der Waals surface area (Å²) in [4.78, 5) is 11.9. The van der Waals surface area contributed by atoms with E-state index in [1.54, 1.807) is 36.4 Å². The lowest BCUT2D eigenvalue weighted by atomic mass is 10.00. The summed E-state index contributed by atoms with van der Waals surface area (Å²) in [6.45, 7) is 5.15. The topological polar surface area (TPSA) is 120 Å². The number of nitrogens with zero attached hydrogens (tertiary/aromatic N) is 2. The summed E-state index contributed by atoms with van der Waals surface area (Å²) in [5, 5.41) is 22.7. The van der Waals surface area contributed by atoms with Crippen LogP contribution >= 0.6 is 0 Å². The van der Waals surface area contributed by atoms with Gasteiger partial charge >= 0.3 is 0 Å². The summed E-state index contributed by atoms with van der Waals surface area (Å²) < 4.78 is 33.0. The number of aliphatic hydroxyl groups excluding tert-OH is 1. The number of benzene rings is 2. The minimum absolute atomic E-state index is 0.0166. The Labute approximate surface area is 195 Å². The Morgan fingerprint density at radius 1 is 1.12 bits per heavy atom. The van der Waals surface area contributed by atoms with Gasteiger partial charge in [-0.05, 0) is 54.3 Å². The standard InChI is InChI=1S/C24H31N3O5S/c1-17(2)15-27(33(30,31)22-11-9-21(32-4)10-12-22)16-24(29)23(26-18(3)28)13-19-5-7-20(14-25)8-6-19/h5-12,17,23-24,29H,13,15-16H2,1-4H3,(H,26,28)/t23?,24-/m1/s1. The second kappa shape index (κ2) is 11.8. The van der Waals surface area contributed by atoms with Gasteiger partial charge in [-0.2, -0.15) is 9.57 Å². The summed E-state index contributed by atoms with van der Waals surface area (Å²) in [7, 11) is -2.39. The SMILES string of the molecule is COc1ccc(S(=O)(=O)N(CC(C)C)C[C@@H](O)C(Cc2ccc(C#N)cc2)NC(C)=O)cc1. The Morgan fingerprint density at radius 3 is 2.21 bits per heavy atom. The zero-order valence-electron chi connectivity index (χ0n) is 19.4. The van der Waals surface area contributed by atoms with E-state index in [9.17, 15) is 18.3 Å². The van der Waals surface area contributed by atoms with E-state index in [2.05, 4.69) is 5.32 Å². The molecule has 178 valence electrons. The fourth-order valence-electron chi connectivity index (χ4n) is 3.42. The van der Waals surface area contributed by atoms with Crippen molar-refractivity contribution in [2.45, 2.75) is 44.2 Å². The van der Waals surface area contributed by atoms with Crippen LogP contribution < -0.4 is 10.1 Å². The van der Waals surface area contributed by atoms with E-state index in [1.165, 1.54) is 30.5 Å². The van der Waals surface area contributed by atoms with Crippen molar-refractivity contribution in [3.05, 3.63) is 59.7 Å². The highest BCUT2D eigenvalue weighted by molar-refractivity contribution is 7.89. The van der Waals surface area contributed by atoms with Crippen LogP contribution in [0.3, 0.4) is 0 Å². The lowest BCUT2D eigenvalue weighted by Gasteiger charge is -2.30. The van der Waals surface area contributed by atoms with Crippen molar-refractivity contribution in [2.24, 2.45) is 5.92 Å². The van der Waals surface area contributed by atoms with Crippen molar-refractivity contribution in [2.75, 3.05) is 20.2 Å². The highest BCUT2D eigenvalue weighted by atomic mass is 32.2. The van der Waals surface area contributed by atoms with Crippen LogP contribution in [0.4, 0.5) is 0 Å². The Bertz CT molecular complexity index is 1060. The lowest BCUT2D eigenvalue weighted by molar-refractivity contribution is -0.120. The number of ether oxygens (including phenoxy) is 1. The number of nitrogens with one attached hydrogen (secondary N) is 1. The third-order valence-electron chi connectivity index (χ3n) is 5.05. The summed E-state index contributed by atoms with van der Waals surface area (Å²) in [5.41, 5.74) is 1.31. The highest BCUT2D eigenvalue weighted by Gasteiger charge is 2.31. The predicted molar refractivity (Wildman–Crippen MR) is 125 cm³/mol. The van der Waals surface area contributed by atoms with Crippen LogP contribution in [0.25, 0.3) is 0 Å². The molecule has 2 N–H and O–H groups in total. The Balaban J connectivity index is 2.28. The molecule has 0 bridgehead atoms. The number of carbonyl (C=O) groups excluding carboxylic acids is 1. The molecular weight excluding hydrogens is 442 g/mol. The van der Waals surface area contributed by atoms with Gasteiger partial charge in [0.2, 0.25) is 15.9 Å². The average Bonchev–Trinajstić information content (AvgIpc) is 2.78. The van der Waals surface area contributed by atoms with Crippen molar-refractivity contribution >= 4 is 15.9 Å². The Hall–Kier alpha value is -2.93. The predicted octanol–water partition coefficient (Wildman–Crippen LogP) is 2.32. The monoisotopic (exact) mass is 473 g/mol. The Morgan fingerprint density at radius 2 is 1.73 bits per heavy atom. The minimum atomic E-state index is -3.89. The first-order chi connectivity index (χ1) is 15.6. The number of amides is 1. The van der Waals surface area contributed by atoms with E-state index in [1.807, 2.05) is 19.9 Å². The molecule has 33 heavy (non-hydrogen) atoms. The van der Waals surface area contributed by atoms with Crippen LogP contribution in [0.2, 0.25) is 0 Å². The number of hydrogen-bond acceptors (Lipinski definition) is 6. The number of nitriles is 1. The van der Waals surface area contributed by atoms with Crippen LogP contribution in [-0.2, 0) is 21.2 Å². The van der Waals surface area contributed by atoms with E-state index in [0.29, 0.717) is 11.3 Å². The van der Waals surface area contributed by atoms with Crippen LogP contribution in [0, 0.1) is 17.2 Å². The quantitative estimate of drug-likeness (QED) is 0.517. The Kier molecular flexibility index (Phi) is 9.41. The van der Waals surface area contributed by atoms with Gasteiger partial charge in [0.1, 0.15) is 5.75 Å². The van der Waals surface area contributed by atoms with Crippen molar-refractivity contribution in [3.8, 4) is 11.8 Å². The first-order valence-corrected chi connectivity index (χ1v) is 12.1. The molecule has 2 aromatic rings. The van der Waals surface area contributed by atoms with Crippen molar-refractivity contribution < 1.29 is 23.1 Å². The van der Waals surface area contributed by atoms with E-state index in [4.69, 9.17) is 10.00 Å². The van der Waals surface area contributed by atoms with Gasteiger partial charge in [-0.3, -0.25) is 4.79 Å². The zero-order chi connectivity index (χ0) is 24.6. The average molecular weight is 474 g/mol. The molecule has 1 unspecified atom stereocenters. The smallest absolute Gasteiger partial charge is 0.243 e. The third kappa shape index (κ3) is 7.56. The van der Waals surface area contributed by atoms with Gasteiger partial charge in [0, 0.05) is 20.0 Å². The molecule has 0 heterocycles. The first-order valence-electron chi connectivity index (χ1n) is 10.6. The van der Waals surface area contributed by atoms with Crippen molar-refractivity contribution in [1.82, 2.24) is 9.62 Å². The second-order valence-corrected chi connectivity index (χ2v) is 10.2. The molecule has 0 aliphatic rings. The van der Waals surface area contributed by atoms with Gasteiger partial charge in [0.15, 0.2) is 0 Å². The van der Waals surface area contributed by atoms with Gasteiger partial charge < -0.3 is 15.2 Å². The third-order valence-corrected chi connectivity index (χ3v) is 6.89. The molecule has 2 rings (SSSR count). The number of carbonyl (C=O) groups is 1. The van der Waals surface area contributed by atoms with Gasteiger partial charge in [0.05, 0.1) is 35.8 Å². The van der Waals surface area contributed by atoms with E-state index in [0.717, 1.165) is 5.56 Å². The molecule has 2 aromatic carbocycles. The highest BCUT2D eigenvalue weighted by Crippen LogP contribution is 2.21. The van der Waals surface area contributed by atoms with Gasteiger partial charge in [-0.1, -0.05) is 26.0 Å². The van der Waals surface area contributed by atoms with Crippen LogP contribution in [0.15, 0.2) is 53.4 Å². The van der Waals surface area contributed by atoms with E-state index < -0.39 is 22.2 Å². The van der Waals surface area contributed by atoms with Gasteiger partial charge in [-0.15, -0.1) is 0 Å². The fraction of sp³-hybridized carbons (Fsp3) is 0.417. The van der Waals surface area contributed by atoms with Crippen LogP contribution in [0.5, 0.6) is 5.75 Å². The molecule has 0 spiro atoms. The molecule has 0 saturated carbocycles. The number of hydrogen-bond donors (Lipinski definition) is 2. The first kappa shape index (κ1) is 26.3. The zero-order valence-corrected chi connectivity index (χ0v) is 20.2. The summed E-state index contributed by atoms with van der Waals surface area (Å²) in [6.07, 6.45) is -0.874. The van der Waals surface area contributed by atoms with Crippen molar-refractivity contribution in [3.63, 3.8) is 0 Å². The number of rotatable bonds is 11. The molecule has 0 radical (unpaired) electrons. The van der Waals surface area contributed by atoms with E-state index >= 15 is 0 Å². The minimum Gasteiger partial charge on any atom is -0.497 e. The molecule has 0 saturated heterocycles. The van der Waals surface area contributed by atoms with Crippen LogP contribution in [0.1, 0.15) is 31.9 Å². The summed E-state index contributed by atoms with van der Waals surface area (Å²) in [6, 6.07) is 14.2. The summed E-state index contributed by atoms with van der Waals surface area (Å²) >= 11 is 0. The molecule has 0 aromatic heterocycles. The van der Waals surface area contributed by atoms with Gasteiger partial charge in [0.25, 0.3) is 0 Å². The molecule has 2 atom stereocenters. The maximum absolute atomic E-state index is 13.3. The number of methoxy groups -OCH3 is 1. The fourth-order valence-corrected chi connectivity index (χ4v) is 5.05. The van der Waals surface area contributed by atoms with E-state index in [-0.39, 0.29) is 36.2 Å². The molecule has 0 aliphatic carbocycles. The molecular formula is C24H31N3O5S. The molecule has 8 nitrogen and oxygen atoms in total. The largest absolute Gasteiger partial charge is 0.497 e. The van der Waals surface area contributed by atoms with Crippen LogP contribution in [-0.4, -0.2) is 56.1 Å². The molecule has 0 aliphatic heterocycles. The summed E-state index contributed by atoms with van der Waals surface area (Å²) in [5.74, 6) is 0.224. The maximum atomic E-state index is 13.3. The molecule has 9 heteroatoms. The number of sulfonamides is 1.